The second-order valence-electron chi connectivity index (χ2n) is 6.30. The van der Waals surface area contributed by atoms with Crippen LogP contribution >= 0.6 is 22.9 Å². The predicted molar refractivity (Wildman–Crippen MR) is 114 cm³/mol. The summed E-state index contributed by atoms with van der Waals surface area (Å²) in [6, 6.07) is 20.9. The number of thiophene rings is 1. The molecular weight excluding hydrogens is 394 g/mol. The Labute approximate surface area is 170 Å². The Kier molecular flexibility index (Phi) is 5.03. The number of amides is 1. The molecule has 0 aliphatic carbocycles. The van der Waals surface area contributed by atoms with Gasteiger partial charge in [0, 0.05) is 21.2 Å². The van der Waals surface area contributed by atoms with E-state index in [1.165, 1.54) is 11.3 Å². The molecule has 0 aliphatic rings. The highest BCUT2D eigenvalue weighted by Gasteiger charge is 2.23. The largest absolute Gasteiger partial charge is 0.448 e. The molecule has 0 unspecified atom stereocenters. The second kappa shape index (κ2) is 7.62. The SMILES string of the molecule is C[C@@H](OC(=O)c1sc2ccccc2c1Cl)C(=O)Nc1cccc2ccccc12. The molecule has 28 heavy (non-hydrogen) atoms. The molecule has 1 atom stereocenters. The van der Waals surface area contributed by atoms with Crippen LogP contribution in [0.2, 0.25) is 5.02 Å². The van der Waals surface area contributed by atoms with Gasteiger partial charge in [-0.2, -0.15) is 0 Å². The van der Waals surface area contributed by atoms with Crippen LogP contribution in [0.4, 0.5) is 5.69 Å². The summed E-state index contributed by atoms with van der Waals surface area (Å²) in [5.41, 5.74) is 0.672. The molecular formula is C22H16ClNO3S. The van der Waals surface area contributed by atoms with Crippen molar-refractivity contribution in [1.82, 2.24) is 0 Å². The average Bonchev–Trinajstić information content (AvgIpc) is 3.05. The molecule has 3 aromatic carbocycles. The molecule has 140 valence electrons. The number of nitrogens with one attached hydrogen (secondary N) is 1. The van der Waals surface area contributed by atoms with Crippen molar-refractivity contribution in [3.05, 3.63) is 76.6 Å². The predicted octanol–water partition coefficient (Wildman–Crippen LogP) is 5.89. The van der Waals surface area contributed by atoms with Crippen molar-refractivity contribution in [1.29, 1.82) is 0 Å². The summed E-state index contributed by atoms with van der Waals surface area (Å²) in [5, 5.41) is 5.93. The van der Waals surface area contributed by atoms with Gasteiger partial charge in [-0.3, -0.25) is 4.79 Å². The number of benzene rings is 3. The number of hydrogen-bond acceptors (Lipinski definition) is 4. The zero-order valence-corrected chi connectivity index (χ0v) is 16.5. The van der Waals surface area contributed by atoms with E-state index in [1.54, 1.807) is 6.92 Å². The highest BCUT2D eigenvalue weighted by Crippen LogP contribution is 2.35. The molecule has 0 aliphatic heterocycles. The molecule has 0 saturated carbocycles. The van der Waals surface area contributed by atoms with Crippen molar-refractivity contribution < 1.29 is 14.3 Å². The molecule has 1 heterocycles. The Morgan fingerprint density at radius 3 is 2.43 bits per heavy atom. The summed E-state index contributed by atoms with van der Waals surface area (Å²) in [4.78, 5) is 25.4. The third kappa shape index (κ3) is 3.46. The van der Waals surface area contributed by atoms with E-state index < -0.39 is 18.0 Å². The normalized spacial score (nSPS) is 12.1. The van der Waals surface area contributed by atoms with Gasteiger partial charge in [-0.25, -0.2) is 4.79 Å². The lowest BCUT2D eigenvalue weighted by molar-refractivity contribution is -0.123. The monoisotopic (exact) mass is 409 g/mol. The average molecular weight is 410 g/mol. The van der Waals surface area contributed by atoms with Crippen LogP contribution in [-0.4, -0.2) is 18.0 Å². The first-order valence-electron chi connectivity index (χ1n) is 8.71. The fraction of sp³-hybridized carbons (Fsp3) is 0.0909. The Morgan fingerprint density at radius 1 is 0.964 bits per heavy atom. The first-order valence-corrected chi connectivity index (χ1v) is 9.90. The van der Waals surface area contributed by atoms with Gasteiger partial charge in [-0.05, 0) is 24.4 Å². The topological polar surface area (TPSA) is 55.4 Å². The molecule has 4 nitrogen and oxygen atoms in total. The summed E-state index contributed by atoms with van der Waals surface area (Å²) < 4.78 is 6.26. The Morgan fingerprint density at radius 2 is 1.64 bits per heavy atom. The van der Waals surface area contributed by atoms with Gasteiger partial charge in [-0.1, -0.05) is 66.2 Å². The van der Waals surface area contributed by atoms with Crippen molar-refractivity contribution >= 4 is 61.4 Å². The van der Waals surface area contributed by atoms with Gasteiger partial charge in [0.25, 0.3) is 5.91 Å². The fourth-order valence-electron chi connectivity index (χ4n) is 2.98. The van der Waals surface area contributed by atoms with Gasteiger partial charge in [0.1, 0.15) is 4.88 Å². The highest BCUT2D eigenvalue weighted by molar-refractivity contribution is 7.21. The van der Waals surface area contributed by atoms with Crippen LogP contribution in [-0.2, 0) is 9.53 Å². The van der Waals surface area contributed by atoms with Crippen LogP contribution in [0.3, 0.4) is 0 Å². The Balaban J connectivity index is 1.51. The van der Waals surface area contributed by atoms with Crippen LogP contribution in [0, 0.1) is 0 Å². The molecule has 0 saturated heterocycles. The van der Waals surface area contributed by atoms with E-state index in [0.29, 0.717) is 15.6 Å². The van der Waals surface area contributed by atoms with Crippen molar-refractivity contribution in [3.63, 3.8) is 0 Å². The van der Waals surface area contributed by atoms with E-state index in [-0.39, 0.29) is 0 Å². The number of esters is 1. The molecule has 0 spiro atoms. The van der Waals surface area contributed by atoms with Gasteiger partial charge in [-0.15, -0.1) is 11.3 Å². The summed E-state index contributed by atoms with van der Waals surface area (Å²) in [6.45, 7) is 1.54. The number of halogens is 1. The lowest BCUT2D eigenvalue weighted by Gasteiger charge is -2.14. The maximum atomic E-state index is 12.6. The van der Waals surface area contributed by atoms with E-state index in [0.717, 1.165) is 20.9 Å². The number of anilines is 1. The van der Waals surface area contributed by atoms with Gasteiger partial charge in [0.2, 0.25) is 0 Å². The van der Waals surface area contributed by atoms with E-state index in [9.17, 15) is 9.59 Å². The quantitative estimate of drug-likeness (QED) is 0.427. The maximum absolute atomic E-state index is 12.6. The minimum atomic E-state index is -0.965. The van der Waals surface area contributed by atoms with Gasteiger partial charge in [0.15, 0.2) is 6.10 Å². The number of carbonyl (C=O) groups is 2. The molecule has 1 aromatic heterocycles. The Bertz CT molecular complexity index is 1200. The lowest BCUT2D eigenvalue weighted by atomic mass is 10.1. The maximum Gasteiger partial charge on any atom is 0.350 e. The summed E-state index contributed by atoms with van der Waals surface area (Å²) in [7, 11) is 0. The van der Waals surface area contributed by atoms with Crippen molar-refractivity contribution in [2.75, 3.05) is 5.32 Å². The smallest absolute Gasteiger partial charge is 0.350 e. The lowest BCUT2D eigenvalue weighted by Crippen LogP contribution is -2.29. The summed E-state index contributed by atoms with van der Waals surface area (Å²) in [6.07, 6.45) is -0.965. The zero-order chi connectivity index (χ0) is 19.7. The second-order valence-corrected chi connectivity index (χ2v) is 7.73. The third-order valence-electron chi connectivity index (χ3n) is 4.42. The van der Waals surface area contributed by atoms with Gasteiger partial charge < -0.3 is 10.1 Å². The van der Waals surface area contributed by atoms with E-state index in [1.807, 2.05) is 66.7 Å². The van der Waals surface area contributed by atoms with Crippen molar-refractivity contribution in [3.8, 4) is 0 Å². The van der Waals surface area contributed by atoms with Crippen LogP contribution < -0.4 is 5.32 Å². The first kappa shape index (κ1) is 18.5. The fourth-order valence-corrected chi connectivity index (χ4v) is 4.37. The van der Waals surface area contributed by atoms with E-state index in [4.69, 9.17) is 16.3 Å². The minimum Gasteiger partial charge on any atom is -0.448 e. The van der Waals surface area contributed by atoms with Crippen LogP contribution in [0.15, 0.2) is 66.7 Å². The van der Waals surface area contributed by atoms with Crippen molar-refractivity contribution in [2.45, 2.75) is 13.0 Å². The molecule has 6 heteroatoms. The minimum absolute atomic E-state index is 0.299. The molecule has 0 radical (unpaired) electrons. The van der Waals surface area contributed by atoms with E-state index in [2.05, 4.69) is 5.32 Å². The number of rotatable bonds is 4. The highest BCUT2D eigenvalue weighted by atomic mass is 35.5. The van der Waals surface area contributed by atoms with Gasteiger partial charge >= 0.3 is 5.97 Å². The van der Waals surface area contributed by atoms with Crippen LogP contribution in [0.1, 0.15) is 16.6 Å². The summed E-state index contributed by atoms with van der Waals surface area (Å²) in [5.74, 6) is -1.01. The third-order valence-corrected chi connectivity index (χ3v) is 6.08. The zero-order valence-electron chi connectivity index (χ0n) is 14.9. The molecule has 1 amide bonds. The van der Waals surface area contributed by atoms with Crippen molar-refractivity contribution in [2.24, 2.45) is 0 Å². The number of hydrogen-bond donors (Lipinski definition) is 1. The van der Waals surface area contributed by atoms with E-state index >= 15 is 0 Å². The summed E-state index contributed by atoms with van der Waals surface area (Å²) >= 11 is 7.57. The molecule has 1 N–H and O–H groups in total. The van der Waals surface area contributed by atoms with Crippen LogP contribution in [0.25, 0.3) is 20.9 Å². The molecule has 4 rings (SSSR count). The molecule has 0 fully saturated rings. The van der Waals surface area contributed by atoms with Crippen LogP contribution in [0.5, 0.6) is 0 Å². The number of carbonyl (C=O) groups excluding carboxylic acids is 2. The Hall–Kier alpha value is -2.89. The molecule has 4 aromatic rings. The van der Waals surface area contributed by atoms with Gasteiger partial charge in [0.05, 0.1) is 5.02 Å². The number of ether oxygens (including phenoxy) is 1. The number of fused-ring (bicyclic) bond motifs is 2. The standard InChI is InChI=1S/C22H16ClNO3S/c1-13(21(25)24-17-11-6-8-14-7-2-3-9-15(14)17)27-22(26)20-19(23)16-10-4-5-12-18(16)28-20/h2-13H,1H3,(H,24,25)/t13-/m1/s1. The first-order chi connectivity index (χ1) is 13.5. The molecule has 0 bridgehead atoms.